The number of carbonyl (C=O) groups excluding carboxylic acids is 1. The molecule has 0 aliphatic carbocycles. The van der Waals surface area contributed by atoms with Gasteiger partial charge in [-0.1, -0.05) is 42.1 Å². The van der Waals surface area contributed by atoms with Crippen molar-refractivity contribution in [3.63, 3.8) is 0 Å². The van der Waals surface area contributed by atoms with Gasteiger partial charge < -0.3 is 5.32 Å². The summed E-state index contributed by atoms with van der Waals surface area (Å²) in [5.74, 6) is -1.92. The average molecular weight is 421 g/mol. The van der Waals surface area contributed by atoms with Crippen molar-refractivity contribution in [2.45, 2.75) is 18.3 Å². The van der Waals surface area contributed by atoms with Gasteiger partial charge in [-0.05, 0) is 31.2 Å². The van der Waals surface area contributed by atoms with Gasteiger partial charge in [0.05, 0.1) is 22.7 Å². The van der Waals surface area contributed by atoms with E-state index in [2.05, 4.69) is 15.3 Å². The molecule has 0 aliphatic heterocycles. The Morgan fingerprint density at radius 3 is 2.48 bits per heavy atom. The van der Waals surface area contributed by atoms with Crippen LogP contribution in [0.15, 0.2) is 59.8 Å². The summed E-state index contributed by atoms with van der Waals surface area (Å²) in [6.07, 6.45) is -4.79. The molecule has 0 spiro atoms. The molecule has 0 radical (unpaired) electrons. The van der Waals surface area contributed by atoms with Crippen molar-refractivity contribution in [3.05, 3.63) is 71.7 Å². The highest BCUT2D eigenvalue weighted by Crippen LogP contribution is 2.35. The maximum Gasteiger partial charge on any atom is 0.418 e. The number of aromatic nitrogens is 2. The summed E-state index contributed by atoms with van der Waals surface area (Å²) < 4.78 is 52.3. The molecule has 2 aromatic carbocycles. The molecule has 1 aromatic heterocycles. The van der Waals surface area contributed by atoms with Gasteiger partial charge in [0.2, 0.25) is 5.91 Å². The maximum atomic E-state index is 13.2. The van der Waals surface area contributed by atoms with Crippen LogP contribution in [0.2, 0.25) is 0 Å². The number of carbonyl (C=O) groups is 1. The Labute approximate surface area is 168 Å². The number of anilines is 1. The van der Waals surface area contributed by atoms with Crippen LogP contribution in [0.3, 0.4) is 0 Å². The molecule has 3 aromatic rings. The lowest BCUT2D eigenvalue weighted by Crippen LogP contribution is -2.18. The standard InChI is InChI=1S/C20H15F4N3OS/c1-12-9-17(13-5-3-2-4-6-13)27-19(25-12)29-11-18(28)26-16-8-7-14(21)10-15(16)20(22,23)24/h2-10H,11H2,1H3,(H,26,28). The third-order valence-corrected chi connectivity index (χ3v) is 4.64. The lowest BCUT2D eigenvalue weighted by Gasteiger charge is -2.13. The van der Waals surface area contributed by atoms with Crippen molar-refractivity contribution >= 4 is 23.4 Å². The van der Waals surface area contributed by atoms with Gasteiger partial charge in [0.1, 0.15) is 5.82 Å². The molecule has 0 bridgehead atoms. The molecule has 29 heavy (non-hydrogen) atoms. The van der Waals surface area contributed by atoms with Gasteiger partial charge in [-0.2, -0.15) is 13.2 Å². The van der Waals surface area contributed by atoms with E-state index >= 15 is 0 Å². The van der Waals surface area contributed by atoms with Gasteiger partial charge in [0.15, 0.2) is 5.16 Å². The van der Waals surface area contributed by atoms with Gasteiger partial charge in [0, 0.05) is 11.3 Å². The molecule has 150 valence electrons. The number of hydrogen-bond acceptors (Lipinski definition) is 4. The molecule has 9 heteroatoms. The first-order valence-electron chi connectivity index (χ1n) is 8.43. The molecule has 0 unspecified atom stereocenters. The highest BCUT2D eigenvalue weighted by Gasteiger charge is 2.34. The predicted molar refractivity (Wildman–Crippen MR) is 103 cm³/mol. The van der Waals surface area contributed by atoms with Crippen LogP contribution >= 0.6 is 11.8 Å². The summed E-state index contributed by atoms with van der Waals surface area (Å²) in [4.78, 5) is 20.8. The van der Waals surface area contributed by atoms with Crippen molar-refractivity contribution in [3.8, 4) is 11.3 Å². The largest absolute Gasteiger partial charge is 0.418 e. The summed E-state index contributed by atoms with van der Waals surface area (Å²) in [6.45, 7) is 1.78. The number of rotatable bonds is 5. The van der Waals surface area contributed by atoms with E-state index in [1.54, 1.807) is 13.0 Å². The monoisotopic (exact) mass is 421 g/mol. The second-order valence-corrected chi connectivity index (χ2v) is 7.01. The fraction of sp³-hybridized carbons (Fsp3) is 0.150. The Morgan fingerprint density at radius 2 is 1.79 bits per heavy atom. The highest BCUT2D eigenvalue weighted by atomic mass is 32.2. The Kier molecular flexibility index (Phi) is 6.17. The Bertz CT molecular complexity index is 1030. The molecule has 1 heterocycles. The first kappa shape index (κ1) is 20.8. The maximum absolute atomic E-state index is 13.2. The minimum atomic E-state index is -4.79. The molecular formula is C20H15F4N3OS. The lowest BCUT2D eigenvalue weighted by atomic mass is 10.1. The molecule has 0 fully saturated rings. The van der Waals surface area contributed by atoms with E-state index in [-0.39, 0.29) is 5.75 Å². The fourth-order valence-electron chi connectivity index (χ4n) is 2.54. The zero-order valence-electron chi connectivity index (χ0n) is 15.1. The quantitative estimate of drug-likeness (QED) is 0.343. The van der Waals surface area contributed by atoms with Gasteiger partial charge in [-0.25, -0.2) is 14.4 Å². The molecular weight excluding hydrogens is 406 g/mol. The zero-order chi connectivity index (χ0) is 21.0. The van der Waals surface area contributed by atoms with Crippen molar-refractivity contribution < 1.29 is 22.4 Å². The first-order valence-corrected chi connectivity index (χ1v) is 9.41. The lowest BCUT2D eigenvalue weighted by molar-refractivity contribution is -0.137. The first-order chi connectivity index (χ1) is 13.7. The highest BCUT2D eigenvalue weighted by molar-refractivity contribution is 7.99. The van der Waals surface area contributed by atoms with E-state index in [0.29, 0.717) is 22.6 Å². The second-order valence-electron chi connectivity index (χ2n) is 6.07. The number of benzene rings is 2. The topological polar surface area (TPSA) is 54.9 Å². The third-order valence-electron chi connectivity index (χ3n) is 3.80. The predicted octanol–water partition coefficient (Wildman–Crippen LogP) is 5.34. The summed E-state index contributed by atoms with van der Waals surface area (Å²) in [6, 6.07) is 13.3. The molecule has 1 amide bonds. The average Bonchev–Trinajstić information content (AvgIpc) is 2.67. The van der Waals surface area contributed by atoms with Crippen molar-refractivity contribution in [1.82, 2.24) is 9.97 Å². The Morgan fingerprint density at radius 1 is 1.07 bits per heavy atom. The number of thioether (sulfide) groups is 1. The zero-order valence-corrected chi connectivity index (χ0v) is 15.9. The van der Waals surface area contributed by atoms with E-state index in [1.165, 1.54) is 0 Å². The molecule has 0 saturated carbocycles. The van der Waals surface area contributed by atoms with Crippen LogP contribution in [0, 0.1) is 12.7 Å². The summed E-state index contributed by atoms with van der Waals surface area (Å²) in [7, 11) is 0. The van der Waals surface area contributed by atoms with E-state index in [9.17, 15) is 22.4 Å². The number of halogens is 4. The van der Waals surface area contributed by atoms with Gasteiger partial charge in [-0.15, -0.1) is 0 Å². The van der Waals surface area contributed by atoms with Crippen LogP contribution in [0.4, 0.5) is 23.2 Å². The van der Waals surface area contributed by atoms with E-state index < -0.39 is 29.2 Å². The van der Waals surface area contributed by atoms with Gasteiger partial charge in [-0.3, -0.25) is 4.79 Å². The summed E-state index contributed by atoms with van der Waals surface area (Å²) in [5.41, 5.74) is 0.512. The Balaban J connectivity index is 1.72. The van der Waals surface area contributed by atoms with Crippen molar-refractivity contribution in [1.29, 1.82) is 0 Å². The molecule has 0 saturated heterocycles. The van der Waals surface area contributed by atoms with Gasteiger partial charge in [0.25, 0.3) is 0 Å². The molecule has 1 N–H and O–H groups in total. The van der Waals surface area contributed by atoms with Crippen LogP contribution in [0.1, 0.15) is 11.3 Å². The van der Waals surface area contributed by atoms with E-state index in [1.807, 2.05) is 30.3 Å². The minimum Gasteiger partial charge on any atom is -0.325 e. The third kappa shape index (κ3) is 5.54. The number of alkyl halides is 3. The number of nitrogens with one attached hydrogen (secondary N) is 1. The van der Waals surface area contributed by atoms with Crippen LogP contribution in [-0.4, -0.2) is 21.6 Å². The summed E-state index contributed by atoms with van der Waals surface area (Å²) >= 11 is 0.998. The van der Waals surface area contributed by atoms with Crippen LogP contribution in [-0.2, 0) is 11.0 Å². The molecule has 0 aliphatic rings. The van der Waals surface area contributed by atoms with E-state index in [0.717, 1.165) is 29.5 Å². The Hall–Kier alpha value is -2.94. The van der Waals surface area contributed by atoms with Crippen molar-refractivity contribution in [2.75, 3.05) is 11.1 Å². The normalized spacial score (nSPS) is 11.3. The van der Waals surface area contributed by atoms with Crippen LogP contribution < -0.4 is 5.32 Å². The minimum absolute atomic E-state index is 0.202. The number of amides is 1. The molecule has 4 nitrogen and oxygen atoms in total. The molecule has 0 atom stereocenters. The number of nitrogens with zero attached hydrogens (tertiary/aromatic N) is 2. The fourth-order valence-corrected chi connectivity index (χ4v) is 3.24. The smallest absolute Gasteiger partial charge is 0.325 e. The van der Waals surface area contributed by atoms with Crippen LogP contribution in [0.25, 0.3) is 11.3 Å². The van der Waals surface area contributed by atoms with E-state index in [4.69, 9.17) is 0 Å². The number of aryl methyl sites for hydroxylation is 1. The number of hydrogen-bond donors (Lipinski definition) is 1. The van der Waals surface area contributed by atoms with Crippen molar-refractivity contribution in [2.24, 2.45) is 0 Å². The SMILES string of the molecule is Cc1cc(-c2ccccc2)nc(SCC(=O)Nc2ccc(F)cc2C(F)(F)F)n1. The second kappa shape index (κ2) is 8.60. The summed E-state index contributed by atoms with van der Waals surface area (Å²) in [5, 5.41) is 2.50. The van der Waals surface area contributed by atoms with Crippen LogP contribution in [0.5, 0.6) is 0 Å². The molecule has 3 rings (SSSR count). The van der Waals surface area contributed by atoms with Gasteiger partial charge >= 0.3 is 6.18 Å².